The third kappa shape index (κ3) is 5.71. The number of hydrazone groups is 1. The molecule has 32 heavy (non-hydrogen) atoms. The molecule has 0 radical (unpaired) electrons. The molecule has 1 aromatic heterocycles. The lowest BCUT2D eigenvalue weighted by atomic mass is 10.1. The molecular formula is C26H23ClN4O. The number of pyridine rings is 1. The lowest BCUT2D eigenvalue weighted by molar-refractivity contribution is 0.0955. The Hall–Kier alpha value is -3.70. The summed E-state index contributed by atoms with van der Waals surface area (Å²) in [5, 5.41) is 8.71. The molecule has 4 aromatic rings. The van der Waals surface area contributed by atoms with E-state index in [0.29, 0.717) is 22.8 Å². The average Bonchev–Trinajstić information content (AvgIpc) is 2.82. The van der Waals surface area contributed by atoms with E-state index >= 15 is 0 Å². The fourth-order valence-electron chi connectivity index (χ4n) is 3.42. The van der Waals surface area contributed by atoms with Crippen molar-refractivity contribution in [1.29, 1.82) is 0 Å². The van der Waals surface area contributed by atoms with E-state index in [1.54, 1.807) is 24.4 Å². The van der Waals surface area contributed by atoms with Crippen molar-refractivity contribution in [3.05, 3.63) is 107 Å². The number of para-hydroxylation sites is 1. The Morgan fingerprint density at radius 3 is 2.62 bits per heavy atom. The highest BCUT2D eigenvalue weighted by Gasteiger charge is 2.12. The van der Waals surface area contributed by atoms with Gasteiger partial charge >= 0.3 is 0 Å². The molecule has 4 rings (SSSR count). The third-order valence-electron chi connectivity index (χ3n) is 4.97. The molecule has 0 aliphatic rings. The summed E-state index contributed by atoms with van der Waals surface area (Å²) in [7, 11) is 0. The summed E-state index contributed by atoms with van der Waals surface area (Å²) in [6, 6.07) is 26.9. The van der Waals surface area contributed by atoms with Gasteiger partial charge in [-0.25, -0.2) is 4.98 Å². The van der Waals surface area contributed by atoms with Gasteiger partial charge in [0.2, 0.25) is 0 Å². The summed E-state index contributed by atoms with van der Waals surface area (Å²) in [5.74, 6) is -0.117. The number of carbonyl (C=O) groups is 1. The minimum atomic E-state index is -0.117. The van der Waals surface area contributed by atoms with Gasteiger partial charge in [-0.15, -0.1) is 0 Å². The van der Waals surface area contributed by atoms with Crippen LogP contribution in [-0.2, 0) is 6.42 Å². The van der Waals surface area contributed by atoms with Gasteiger partial charge in [-0.2, -0.15) is 5.10 Å². The van der Waals surface area contributed by atoms with Gasteiger partial charge in [-0.05, 0) is 48.7 Å². The molecule has 0 unspecified atom stereocenters. The maximum absolute atomic E-state index is 12.9. The number of amides is 1. The smallest absolute Gasteiger partial charge is 0.252 e. The average molecular weight is 443 g/mol. The van der Waals surface area contributed by atoms with E-state index in [9.17, 15) is 4.79 Å². The molecule has 0 aliphatic heterocycles. The van der Waals surface area contributed by atoms with Crippen LogP contribution >= 0.6 is 11.6 Å². The number of rotatable bonds is 8. The number of hydrogen-bond acceptors (Lipinski definition) is 4. The number of nitrogens with zero attached hydrogens (tertiary/aromatic N) is 2. The molecule has 1 amide bonds. The molecule has 0 spiro atoms. The van der Waals surface area contributed by atoms with E-state index in [2.05, 4.69) is 33.0 Å². The minimum absolute atomic E-state index is 0.117. The molecule has 0 atom stereocenters. The molecule has 0 bridgehead atoms. The lowest BCUT2D eigenvalue weighted by Gasteiger charge is -2.09. The first-order valence-electron chi connectivity index (χ1n) is 10.5. The Balaban J connectivity index is 1.46. The Morgan fingerprint density at radius 2 is 1.78 bits per heavy atom. The predicted octanol–water partition coefficient (Wildman–Crippen LogP) is 5.70. The first kappa shape index (κ1) is 21.5. The standard InChI is InChI=1S/C26H23ClN4O/c27-20-11-6-12-21(16-20)31-29-18-22-17-24(23-13-4-5-14-25(23)30-22)26(32)28-15-7-10-19-8-2-1-3-9-19/h1-6,8-9,11-14,16-18,31H,7,10,15H2,(H,28,32)/b29-18+. The van der Waals surface area contributed by atoms with Crippen LogP contribution in [0, 0.1) is 0 Å². The fraction of sp³-hybridized carbons (Fsp3) is 0.115. The van der Waals surface area contributed by atoms with E-state index < -0.39 is 0 Å². The van der Waals surface area contributed by atoms with Crippen molar-refractivity contribution in [2.75, 3.05) is 12.0 Å². The monoisotopic (exact) mass is 442 g/mol. The highest BCUT2D eigenvalue weighted by molar-refractivity contribution is 6.30. The Kier molecular flexibility index (Phi) is 7.10. The van der Waals surface area contributed by atoms with Crippen LogP contribution in [0.4, 0.5) is 5.69 Å². The lowest BCUT2D eigenvalue weighted by Crippen LogP contribution is -2.25. The zero-order valence-corrected chi connectivity index (χ0v) is 18.2. The van der Waals surface area contributed by atoms with Crippen LogP contribution in [0.15, 0.2) is 90.0 Å². The van der Waals surface area contributed by atoms with Crippen LogP contribution in [0.25, 0.3) is 10.9 Å². The second-order valence-electron chi connectivity index (χ2n) is 7.34. The van der Waals surface area contributed by atoms with E-state index in [1.807, 2.05) is 54.6 Å². The van der Waals surface area contributed by atoms with Crippen molar-refractivity contribution in [2.24, 2.45) is 5.10 Å². The normalized spacial score (nSPS) is 11.0. The Morgan fingerprint density at radius 1 is 0.969 bits per heavy atom. The number of aryl methyl sites for hydroxylation is 1. The van der Waals surface area contributed by atoms with Crippen molar-refractivity contribution in [3.63, 3.8) is 0 Å². The molecule has 3 aromatic carbocycles. The predicted molar refractivity (Wildman–Crippen MR) is 132 cm³/mol. The maximum atomic E-state index is 12.9. The largest absolute Gasteiger partial charge is 0.352 e. The van der Waals surface area contributed by atoms with Crippen LogP contribution in [0.1, 0.15) is 28.0 Å². The van der Waals surface area contributed by atoms with E-state index in [0.717, 1.165) is 29.4 Å². The van der Waals surface area contributed by atoms with E-state index in [4.69, 9.17) is 11.6 Å². The summed E-state index contributed by atoms with van der Waals surface area (Å²) in [6.45, 7) is 0.601. The molecule has 5 nitrogen and oxygen atoms in total. The number of halogens is 1. The number of fused-ring (bicyclic) bond motifs is 1. The molecule has 0 saturated carbocycles. The molecule has 1 heterocycles. The van der Waals surface area contributed by atoms with Crippen LogP contribution in [-0.4, -0.2) is 23.7 Å². The topological polar surface area (TPSA) is 66.4 Å². The van der Waals surface area contributed by atoms with Crippen LogP contribution < -0.4 is 10.7 Å². The van der Waals surface area contributed by atoms with Gasteiger partial charge in [-0.1, -0.05) is 66.2 Å². The molecule has 6 heteroatoms. The molecule has 160 valence electrons. The van der Waals surface area contributed by atoms with Gasteiger partial charge in [0, 0.05) is 17.0 Å². The van der Waals surface area contributed by atoms with Gasteiger partial charge in [0.15, 0.2) is 0 Å². The van der Waals surface area contributed by atoms with Gasteiger partial charge in [-0.3, -0.25) is 10.2 Å². The number of anilines is 1. The molecular weight excluding hydrogens is 420 g/mol. The van der Waals surface area contributed by atoms with E-state index in [1.165, 1.54) is 5.56 Å². The summed E-state index contributed by atoms with van der Waals surface area (Å²) >= 11 is 6.00. The van der Waals surface area contributed by atoms with Crippen molar-refractivity contribution in [1.82, 2.24) is 10.3 Å². The van der Waals surface area contributed by atoms with Crippen molar-refractivity contribution >= 4 is 40.3 Å². The number of aromatic nitrogens is 1. The van der Waals surface area contributed by atoms with Crippen molar-refractivity contribution in [3.8, 4) is 0 Å². The van der Waals surface area contributed by atoms with Crippen molar-refractivity contribution in [2.45, 2.75) is 12.8 Å². The SMILES string of the molecule is O=C(NCCCc1ccccc1)c1cc(/C=N/Nc2cccc(Cl)c2)nc2ccccc12. The minimum Gasteiger partial charge on any atom is -0.352 e. The highest BCUT2D eigenvalue weighted by Crippen LogP contribution is 2.18. The zero-order chi connectivity index (χ0) is 22.2. The van der Waals surface area contributed by atoms with Crippen LogP contribution in [0.5, 0.6) is 0 Å². The fourth-order valence-corrected chi connectivity index (χ4v) is 3.61. The maximum Gasteiger partial charge on any atom is 0.252 e. The molecule has 0 fully saturated rings. The quantitative estimate of drug-likeness (QED) is 0.209. The first-order chi connectivity index (χ1) is 15.7. The van der Waals surface area contributed by atoms with Crippen LogP contribution in [0.3, 0.4) is 0 Å². The molecule has 2 N–H and O–H groups in total. The van der Waals surface area contributed by atoms with Gasteiger partial charge in [0.1, 0.15) is 0 Å². The number of hydrogen-bond donors (Lipinski definition) is 2. The third-order valence-corrected chi connectivity index (χ3v) is 5.20. The van der Waals surface area contributed by atoms with Gasteiger partial charge in [0.05, 0.1) is 28.7 Å². The first-order valence-corrected chi connectivity index (χ1v) is 10.8. The highest BCUT2D eigenvalue weighted by atomic mass is 35.5. The summed E-state index contributed by atoms with van der Waals surface area (Å²) in [6.07, 6.45) is 3.39. The van der Waals surface area contributed by atoms with Gasteiger partial charge < -0.3 is 5.32 Å². The second kappa shape index (κ2) is 10.6. The van der Waals surface area contributed by atoms with E-state index in [-0.39, 0.29) is 5.91 Å². The number of carbonyl (C=O) groups excluding carboxylic acids is 1. The molecule has 0 aliphatic carbocycles. The summed E-state index contributed by atoms with van der Waals surface area (Å²) < 4.78 is 0. The second-order valence-corrected chi connectivity index (χ2v) is 7.77. The molecule has 0 saturated heterocycles. The summed E-state index contributed by atoms with van der Waals surface area (Å²) in [5.41, 5.74) is 6.88. The summed E-state index contributed by atoms with van der Waals surface area (Å²) in [4.78, 5) is 17.5. The van der Waals surface area contributed by atoms with Crippen LogP contribution in [0.2, 0.25) is 5.02 Å². The Labute approximate surface area is 192 Å². The number of benzene rings is 3. The number of nitrogens with one attached hydrogen (secondary N) is 2. The van der Waals surface area contributed by atoms with Crippen molar-refractivity contribution < 1.29 is 4.79 Å². The zero-order valence-electron chi connectivity index (χ0n) is 17.5. The Bertz CT molecular complexity index is 1240. The van der Waals surface area contributed by atoms with Gasteiger partial charge in [0.25, 0.3) is 5.91 Å².